The average molecular weight is 439 g/mol. The molecule has 0 radical (unpaired) electrons. The van der Waals surface area contributed by atoms with Crippen LogP contribution in [-0.2, 0) is 13.0 Å². The number of thiazole rings is 1. The molecule has 31 heavy (non-hydrogen) atoms. The van der Waals surface area contributed by atoms with Gasteiger partial charge < -0.3 is 19.5 Å². The van der Waals surface area contributed by atoms with E-state index in [2.05, 4.69) is 24.0 Å². The molecule has 6 nitrogen and oxygen atoms in total. The molecule has 0 bridgehead atoms. The second-order valence-electron chi connectivity index (χ2n) is 7.55. The van der Waals surface area contributed by atoms with Gasteiger partial charge in [0, 0.05) is 16.7 Å². The van der Waals surface area contributed by atoms with Crippen molar-refractivity contribution in [3.8, 4) is 22.1 Å². The fourth-order valence-electron chi connectivity index (χ4n) is 3.98. The van der Waals surface area contributed by atoms with Gasteiger partial charge in [-0.05, 0) is 31.0 Å². The van der Waals surface area contributed by atoms with Crippen LogP contribution < -0.4 is 9.47 Å². The summed E-state index contributed by atoms with van der Waals surface area (Å²) in [6.07, 6.45) is 0.125. The number of hydrogen-bond acceptors (Lipinski definition) is 6. The number of aromatic nitrogens is 1. The van der Waals surface area contributed by atoms with Crippen LogP contribution in [0.5, 0.6) is 11.5 Å². The minimum atomic E-state index is -0.855. The van der Waals surface area contributed by atoms with Gasteiger partial charge in [0.15, 0.2) is 0 Å². The topological polar surface area (TPSA) is 71.9 Å². The van der Waals surface area contributed by atoms with Gasteiger partial charge in [0.25, 0.3) is 5.91 Å². The molecular formula is C24H26N2O4S. The highest BCUT2D eigenvalue weighted by atomic mass is 32.1. The summed E-state index contributed by atoms with van der Waals surface area (Å²) in [7, 11) is 3.15. The van der Waals surface area contributed by atoms with E-state index in [4.69, 9.17) is 9.47 Å². The van der Waals surface area contributed by atoms with Crippen molar-refractivity contribution in [1.29, 1.82) is 0 Å². The van der Waals surface area contributed by atoms with Crippen molar-refractivity contribution in [2.45, 2.75) is 32.9 Å². The second-order valence-corrected chi connectivity index (χ2v) is 8.55. The Kier molecular flexibility index (Phi) is 5.98. The lowest BCUT2D eigenvalue weighted by Crippen LogP contribution is -2.38. The van der Waals surface area contributed by atoms with Gasteiger partial charge in [-0.2, -0.15) is 0 Å². The fraction of sp³-hybridized carbons (Fsp3) is 0.333. The van der Waals surface area contributed by atoms with Crippen molar-refractivity contribution in [2.24, 2.45) is 0 Å². The number of fused-ring (bicyclic) bond motifs is 1. The zero-order chi connectivity index (χ0) is 22.1. The highest BCUT2D eigenvalue weighted by Crippen LogP contribution is 2.40. The highest BCUT2D eigenvalue weighted by molar-refractivity contribution is 7.17. The molecule has 1 aliphatic rings. The molecule has 0 saturated heterocycles. The van der Waals surface area contributed by atoms with Crippen LogP contribution in [0.3, 0.4) is 0 Å². The third kappa shape index (κ3) is 3.91. The van der Waals surface area contributed by atoms with E-state index in [0.29, 0.717) is 34.2 Å². The van der Waals surface area contributed by atoms with Crippen LogP contribution in [0.4, 0.5) is 0 Å². The molecule has 0 aliphatic carbocycles. The summed E-state index contributed by atoms with van der Waals surface area (Å²) in [6, 6.07) is 11.8. The molecule has 7 heteroatoms. The van der Waals surface area contributed by atoms with Gasteiger partial charge >= 0.3 is 0 Å². The van der Waals surface area contributed by atoms with Crippen LogP contribution in [-0.4, -0.2) is 41.7 Å². The predicted octanol–water partition coefficient (Wildman–Crippen LogP) is 4.39. The lowest BCUT2D eigenvalue weighted by molar-refractivity contribution is 0.0542. The van der Waals surface area contributed by atoms with Crippen LogP contribution in [0.15, 0.2) is 36.4 Å². The number of aryl methyl sites for hydroxylation is 2. The molecule has 2 aromatic carbocycles. The molecule has 1 aromatic heterocycles. The number of aliphatic hydroxyl groups is 1. The molecular weight excluding hydrogens is 412 g/mol. The number of benzene rings is 2. The smallest absolute Gasteiger partial charge is 0.266 e. The Labute approximate surface area is 186 Å². The number of β-amino-alcohol motifs (C(OH)–C–C–N with tert-alkyl or cyclic N) is 1. The maximum atomic E-state index is 13.4. The van der Waals surface area contributed by atoms with Crippen molar-refractivity contribution in [3.63, 3.8) is 0 Å². The van der Waals surface area contributed by atoms with E-state index in [1.165, 1.54) is 16.9 Å². The molecule has 1 atom stereocenters. The number of ether oxygens (including phenoxy) is 2. The minimum Gasteiger partial charge on any atom is -0.496 e. The Hall–Kier alpha value is -2.90. The summed E-state index contributed by atoms with van der Waals surface area (Å²) in [6.45, 7) is 4.50. The van der Waals surface area contributed by atoms with Gasteiger partial charge in [0.05, 0.1) is 33.0 Å². The summed E-state index contributed by atoms with van der Waals surface area (Å²) in [5, 5.41) is 11.6. The van der Waals surface area contributed by atoms with E-state index in [1.54, 1.807) is 31.3 Å². The monoisotopic (exact) mass is 438 g/mol. The maximum absolute atomic E-state index is 13.4. The number of nitrogens with zero attached hydrogens (tertiary/aromatic N) is 2. The number of aliphatic hydroxyl groups excluding tert-OH is 1. The molecule has 4 rings (SSSR count). The van der Waals surface area contributed by atoms with Crippen molar-refractivity contribution < 1.29 is 19.4 Å². The van der Waals surface area contributed by atoms with Crippen molar-refractivity contribution in [1.82, 2.24) is 9.88 Å². The van der Waals surface area contributed by atoms with Gasteiger partial charge in [-0.1, -0.05) is 31.2 Å². The number of carbonyl (C=O) groups is 1. The summed E-state index contributed by atoms with van der Waals surface area (Å²) in [5.41, 5.74) is 4.41. The third-order valence-electron chi connectivity index (χ3n) is 5.68. The lowest BCUT2D eigenvalue weighted by Gasteiger charge is -2.33. The van der Waals surface area contributed by atoms with Crippen LogP contribution in [0, 0.1) is 6.92 Å². The van der Waals surface area contributed by atoms with Crippen molar-refractivity contribution in [3.05, 3.63) is 63.7 Å². The minimum absolute atomic E-state index is 0.138. The first-order valence-electron chi connectivity index (χ1n) is 10.2. The van der Waals surface area contributed by atoms with Crippen LogP contribution in [0.2, 0.25) is 0 Å². The van der Waals surface area contributed by atoms with Gasteiger partial charge in [0.2, 0.25) is 0 Å². The Morgan fingerprint density at radius 3 is 2.48 bits per heavy atom. The number of carbonyl (C=O) groups excluding carboxylic acids is 1. The van der Waals surface area contributed by atoms with E-state index in [9.17, 15) is 9.90 Å². The van der Waals surface area contributed by atoms with Gasteiger partial charge in [-0.15, -0.1) is 11.3 Å². The lowest BCUT2D eigenvalue weighted by atomic mass is 9.95. The van der Waals surface area contributed by atoms with E-state index >= 15 is 0 Å². The summed E-state index contributed by atoms with van der Waals surface area (Å²) in [5.74, 6) is 1.09. The van der Waals surface area contributed by atoms with Gasteiger partial charge in [0.1, 0.15) is 27.5 Å². The molecule has 1 unspecified atom stereocenters. The van der Waals surface area contributed by atoms with E-state index in [0.717, 1.165) is 22.6 Å². The Balaban J connectivity index is 1.64. The van der Waals surface area contributed by atoms with Crippen molar-refractivity contribution in [2.75, 3.05) is 20.8 Å². The summed E-state index contributed by atoms with van der Waals surface area (Å²) >= 11 is 1.39. The Bertz CT molecular complexity index is 1110. The number of methoxy groups -OCH3 is 2. The Morgan fingerprint density at radius 1 is 1.16 bits per heavy atom. The summed E-state index contributed by atoms with van der Waals surface area (Å²) in [4.78, 5) is 20.3. The normalized spacial score (nSPS) is 15.5. The molecule has 162 valence electrons. The quantitative estimate of drug-likeness (QED) is 0.640. The highest BCUT2D eigenvalue weighted by Gasteiger charge is 2.33. The standard InChI is InChI=1S/C24H26N2O4S/c1-5-15-6-8-16(9-7-15)23-25-14(2)22(31-23)24(28)26-12-17-19(29-3)10-11-20(30-4)21(17)18(27)13-26/h6-11,18,27H,5,12-13H2,1-4H3. The first-order chi connectivity index (χ1) is 15.0. The molecule has 2 heterocycles. The number of amides is 1. The van der Waals surface area contributed by atoms with Crippen LogP contribution >= 0.6 is 11.3 Å². The molecule has 1 aliphatic heterocycles. The first-order valence-corrected chi connectivity index (χ1v) is 11.1. The number of rotatable bonds is 5. The first kappa shape index (κ1) is 21.3. The second kappa shape index (κ2) is 8.69. The van der Waals surface area contributed by atoms with Crippen LogP contribution in [0.1, 0.15) is 45.1 Å². The number of hydrogen-bond donors (Lipinski definition) is 1. The predicted molar refractivity (Wildman–Crippen MR) is 121 cm³/mol. The molecule has 1 N–H and O–H groups in total. The molecule has 3 aromatic rings. The van der Waals surface area contributed by atoms with Gasteiger partial charge in [-0.25, -0.2) is 4.98 Å². The average Bonchev–Trinajstić information content (AvgIpc) is 3.19. The maximum Gasteiger partial charge on any atom is 0.266 e. The van der Waals surface area contributed by atoms with E-state index in [1.807, 2.05) is 19.1 Å². The zero-order valence-corrected chi connectivity index (χ0v) is 19.0. The fourth-order valence-corrected chi connectivity index (χ4v) is 5.02. The van der Waals surface area contributed by atoms with Crippen molar-refractivity contribution >= 4 is 17.2 Å². The SMILES string of the molecule is CCc1ccc(-c2nc(C)c(C(=O)N3Cc4c(OC)ccc(OC)c4C(O)C3)s2)cc1. The van der Waals surface area contributed by atoms with E-state index in [-0.39, 0.29) is 12.5 Å². The van der Waals surface area contributed by atoms with Crippen LogP contribution in [0.25, 0.3) is 10.6 Å². The third-order valence-corrected chi connectivity index (χ3v) is 6.87. The molecule has 0 spiro atoms. The summed E-state index contributed by atoms with van der Waals surface area (Å²) < 4.78 is 10.9. The Morgan fingerprint density at radius 2 is 1.84 bits per heavy atom. The van der Waals surface area contributed by atoms with Gasteiger partial charge in [-0.3, -0.25) is 4.79 Å². The molecule has 0 fully saturated rings. The largest absolute Gasteiger partial charge is 0.496 e. The van der Waals surface area contributed by atoms with E-state index < -0.39 is 6.10 Å². The molecule has 1 amide bonds. The zero-order valence-electron chi connectivity index (χ0n) is 18.1. The molecule has 0 saturated carbocycles.